The fourth-order valence-electron chi connectivity index (χ4n) is 3.34. The second-order valence-electron chi connectivity index (χ2n) is 5.90. The molecule has 0 aromatic heterocycles. The van der Waals surface area contributed by atoms with Crippen molar-refractivity contribution in [2.24, 2.45) is 21.5 Å². The quantitative estimate of drug-likeness (QED) is 0.800. The van der Waals surface area contributed by atoms with Gasteiger partial charge < -0.3 is 11.5 Å². The molecule has 0 amide bonds. The van der Waals surface area contributed by atoms with Crippen molar-refractivity contribution >= 4 is 33.5 Å². The Labute approximate surface area is 137 Å². The molecule has 1 aromatic rings. The second kappa shape index (κ2) is 5.53. The van der Waals surface area contributed by atoms with Gasteiger partial charge in [0.2, 0.25) is 11.9 Å². The smallest absolute Gasteiger partial charge is 0.220 e. The standard InChI is InChI=1S/C15H19BrFN5/c1-9-7-10(17)12(16)11(8-9)22-14(19)20-13(18)21-15(22)5-3-2-4-6-15/h7-8H,2-6H2,1H3,(H4,18,19,20,21). The van der Waals surface area contributed by atoms with Crippen molar-refractivity contribution in [2.45, 2.75) is 44.7 Å². The lowest BCUT2D eigenvalue weighted by Crippen LogP contribution is -2.58. The molecule has 0 saturated heterocycles. The zero-order valence-corrected chi connectivity index (χ0v) is 14.0. The molecule has 1 aliphatic heterocycles. The molecule has 5 nitrogen and oxygen atoms in total. The number of anilines is 1. The average molecular weight is 368 g/mol. The highest BCUT2D eigenvalue weighted by Crippen LogP contribution is 2.42. The summed E-state index contributed by atoms with van der Waals surface area (Å²) in [6.07, 6.45) is 4.88. The first-order valence-electron chi connectivity index (χ1n) is 7.38. The number of guanidine groups is 2. The largest absolute Gasteiger partial charge is 0.369 e. The van der Waals surface area contributed by atoms with Crippen molar-refractivity contribution in [2.75, 3.05) is 4.90 Å². The second-order valence-corrected chi connectivity index (χ2v) is 6.69. The Hall–Kier alpha value is -1.63. The van der Waals surface area contributed by atoms with E-state index in [-0.39, 0.29) is 17.7 Å². The SMILES string of the molecule is Cc1cc(F)c(Br)c(N2C(N)=NC(N)=NC23CCCCC3)c1. The van der Waals surface area contributed by atoms with E-state index in [1.807, 2.05) is 17.9 Å². The summed E-state index contributed by atoms with van der Waals surface area (Å²) in [6.45, 7) is 1.85. The van der Waals surface area contributed by atoms with Gasteiger partial charge in [-0.1, -0.05) is 6.42 Å². The summed E-state index contributed by atoms with van der Waals surface area (Å²) < 4.78 is 14.5. The van der Waals surface area contributed by atoms with Crippen LogP contribution in [0.5, 0.6) is 0 Å². The van der Waals surface area contributed by atoms with Gasteiger partial charge in [-0.15, -0.1) is 0 Å². The maximum absolute atomic E-state index is 14.1. The average Bonchev–Trinajstić information content (AvgIpc) is 2.44. The van der Waals surface area contributed by atoms with Crippen molar-refractivity contribution in [3.8, 4) is 0 Å². The fraction of sp³-hybridized carbons (Fsp3) is 0.467. The summed E-state index contributed by atoms with van der Waals surface area (Å²) in [5.74, 6) is 0.135. The molecule has 0 radical (unpaired) electrons. The third kappa shape index (κ3) is 2.47. The minimum atomic E-state index is -0.559. The molecule has 0 unspecified atom stereocenters. The van der Waals surface area contributed by atoms with Gasteiger partial charge in [-0.3, -0.25) is 4.90 Å². The molecule has 22 heavy (non-hydrogen) atoms. The van der Waals surface area contributed by atoms with E-state index < -0.39 is 5.66 Å². The lowest BCUT2D eigenvalue weighted by molar-refractivity contribution is 0.305. The zero-order chi connectivity index (χ0) is 15.9. The Morgan fingerprint density at radius 3 is 2.59 bits per heavy atom. The summed E-state index contributed by atoms with van der Waals surface area (Å²) in [4.78, 5) is 10.5. The lowest BCUT2D eigenvalue weighted by Gasteiger charge is -2.46. The van der Waals surface area contributed by atoms with Crippen LogP contribution in [0, 0.1) is 12.7 Å². The van der Waals surface area contributed by atoms with Gasteiger partial charge in [0.05, 0.1) is 10.2 Å². The number of rotatable bonds is 1. The van der Waals surface area contributed by atoms with Crippen LogP contribution in [0.1, 0.15) is 37.7 Å². The van der Waals surface area contributed by atoms with E-state index in [0.29, 0.717) is 10.2 Å². The van der Waals surface area contributed by atoms with E-state index in [1.54, 1.807) is 0 Å². The molecule has 0 bridgehead atoms. The molecular weight excluding hydrogens is 349 g/mol. The molecule has 1 aliphatic carbocycles. The highest BCUT2D eigenvalue weighted by Gasteiger charge is 2.43. The van der Waals surface area contributed by atoms with E-state index in [0.717, 1.165) is 37.7 Å². The minimum Gasteiger partial charge on any atom is -0.369 e. The monoisotopic (exact) mass is 367 g/mol. The number of benzene rings is 1. The van der Waals surface area contributed by atoms with Gasteiger partial charge in [-0.05, 0) is 66.2 Å². The van der Waals surface area contributed by atoms with E-state index in [1.165, 1.54) is 6.07 Å². The summed E-state index contributed by atoms with van der Waals surface area (Å²) in [6, 6.07) is 3.37. The lowest BCUT2D eigenvalue weighted by atomic mass is 9.87. The maximum Gasteiger partial charge on any atom is 0.220 e. The third-order valence-electron chi connectivity index (χ3n) is 4.25. The van der Waals surface area contributed by atoms with Crippen LogP contribution >= 0.6 is 15.9 Å². The van der Waals surface area contributed by atoms with Crippen molar-refractivity contribution in [1.29, 1.82) is 0 Å². The van der Waals surface area contributed by atoms with Gasteiger partial charge >= 0.3 is 0 Å². The van der Waals surface area contributed by atoms with Crippen LogP contribution in [0.15, 0.2) is 26.6 Å². The van der Waals surface area contributed by atoms with Gasteiger partial charge in [0, 0.05) is 0 Å². The predicted molar refractivity (Wildman–Crippen MR) is 90.4 cm³/mol. The molecule has 1 fully saturated rings. The third-order valence-corrected chi connectivity index (χ3v) is 5.03. The predicted octanol–water partition coefficient (Wildman–Crippen LogP) is 3.01. The number of aryl methyl sites for hydroxylation is 1. The Balaban J connectivity index is 2.16. The van der Waals surface area contributed by atoms with Crippen molar-refractivity contribution in [3.05, 3.63) is 28.0 Å². The molecule has 1 aromatic carbocycles. The van der Waals surface area contributed by atoms with Crippen LogP contribution in [0.3, 0.4) is 0 Å². The van der Waals surface area contributed by atoms with E-state index in [2.05, 4.69) is 25.9 Å². The molecule has 2 aliphatic rings. The van der Waals surface area contributed by atoms with Crippen LogP contribution in [0.2, 0.25) is 0 Å². The van der Waals surface area contributed by atoms with Gasteiger partial charge in [0.1, 0.15) is 11.5 Å². The Bertz CT molecular complexity index is 664. The molecule has 118 valence electrons. The highest BCUT2D eigenvalue weighted by atomic mass is 79.9. The number of halogens is 2. The van der Waals surface area contributed by atoms with Crippen LogP contribution in [-0.2, 0) is 0 Å². The minimum absolute atomic E-state index is 0.194. The number of hydrogen-bond acceptors (Lipinski definition) is 5. The summed E-state index contributed by atoms with van der Waals surface area (Å²) in [5, 5.41) is 0. The molecule has 4 N–H and O–H groups in total. The number of hydrogen-bond donors (Lipinski definition) is 2. The Morgan fingerprint density at radius 2 is 1.91 bits per heavy atom. The number of nitrogens with two attached hydrogens (primary N) is 2. The summed E-state index contributed by atoms with van der Waals surface area (Å²) >= 11 is 3.34. The first kappa shape index (κ1) is 15.3. The van der Waals surface area contributed by atoms with E-state index in [9.17, 15) is 4.39 Å². The molecule has 1 saturated carbocycles. The molecular formula is C15H19BrFN5. The number of aliphatic imine (C=N–C) groups is 2. The molecule has 1 heterocycles. The van der Waals surface area contributed by atoms with Gasteiger partial charge in [0.25, 0.3) is 0 Å². The van der Waals surface area contributed by atoms with Crippen LogP contribution in [0.25, 0.3) is 0 Å². The van der Waals surface area contributed by atoms with Crippen molar-refractivity contribution < 1.29 is 4.39 Å². The summed E-state index contributed by atoms with van der Waals surface area (Å²) in [5.41, 5.74) is 12.9. The maximum atomic E-state index is 14.1. The van der Waals surface area contributed by atoms with Crippen molar-refractivity contribution in [1.82, 2.24) is 0 Å². The van der Waals surface area contributed by atoms with Crippen LogP contribution in [0.4, 0.5) is 10.1 Å². The molecule has 0 atom stereocenters. The normalized spacial score (nSPS) is 20.8. The van der Waals surface area contributed by atoms with Gasteiger partial charge in [-0.2, -0.15) is 4.99 Å². The van der Waals surface area contributed by atoms with Crippen molar-refractivity contribution in [3.63, 3.8) is 0 Å². The van der Waals surface area contributed by atoms with Crippen LogP contribution < -0.4 is 16.4 Å². The van der Waals surface area contributed by atoms with Crippen LogP contribution in [-0.4, -0.2) is 17.6 Å². The summed E-state index contributed by atoms with van der Waals surface area (Å²) in [7, 11) is 0. The number of nitrogens with zero attached hydrogens (tertiary/aromatic N) is 3. The van der Waals surface area contributed by atoms with Gasteiger partial charge in [-0.25, -0.2) is 9.38 Å². The Morgan fingerprint density at radius 1 is 1.23 bits per heavy atom. The fourth-order valence-corrected chi connectivity index (χ4v) is 3.75. The van der Waals surface area contributed by atoms with Gasteiger partial charge in [0.15, 0.2) is 0 Å². The highest BCUT2D eigenvalue weighted by molar-refractivity contribution is 9.10. The molecule has 7 heteroatoms. The molecule has 1 spiro atoms. The first-order valence-corrected chi connectivity index (χ1v) is 8.18. The zero-order valence-electron chi connectivity index (χ0n) is 12.4. The topological polar surface area (TPSA) is 80.0 Å². The van der Waals surface area contributed by atoms with E-state index in [4.69, 9.17) is 11.5 Å². The first-order chi connectivity index (χ1) is 10.4. The van der Waals surface area contributed by atoms with E-state index >= 15 is 0 Å². The molecule has 3 rings (SSSR count). The Kier molecular flexibility index (Phi) is 3.84.